The summed E-state index contributed by atoms with van der Waals surface area (Å²) in [5, 5.41) is 7.32. The maximum atomic E-state index is 12.6. The first-order valence-electron chi connectivity index (χ1n) is 8.23. The van der Waals surface area contributed by atoms with Crippen molar-refractivity contribution in [2.24, 2.45) is 0 Å². The van der Waals surface area contributed by atoms with Crippen LogP contribution in [0.1, 0.15) is 18.2 Å². The predicted octanol–water partition coefficient (Wildman–Crippen LogP) is 4.36. The summed E-state index contributed by atoms with van der Waals surface area (Å²) in [6.45, 7) is 4.47. The molecule has 4 nitrogen and oxygen atoms in total. The number of aromatic nitrogens is 2. The molecule has 25 heavy (non-hydrogen) atoms. The highest BCUT2D eigenvalue weighted by Crippen LogP contribution is 2.24. The summed E-state index contributed by atoms with van der Waals surface area (Å²) >= 11 is 1.55. The number of thioether (sulfide) groups is 1. The summed E-state index contributed by atoms with van der Waals surface area (Å²) in [4.78, 5) is 13.6. The molecule has 128 valence electrons. The van der Waals surface area contributed by atoms with Crippen LogP contribution in [0.5, 0.6) is 0 Å². The Kier molecular flexibility index (Phi) is 5.56. The van der Waals surface area contributed by atoms with Crippen molar-refractivity contribution < 1.29 is 4.79 Å². The number of nitrogens with zero attached hydrogens (tertiary/aromatic N) is 2. The largest absolute Gasteiger partial charge is 0.310 e. The summed E-state index contributed by atoms with van der Waals surface area (Å²) in [7, 11) is 0. The summed E-state index contributed by atoms with van der Waals surface area (Å²) in [5.41, 5.74) is 2.03. The summed E-state index contributed by atoms with van der Waals surface area (Å²) in [5.74, 6) is 0.704. The quantitative estimate of drug-likeness (QED) is 0.671. The van der Waals surface area contributed by atoms with Crippen LogP contribution in [0.15, 0.2) is 71.6 Å². The van der Waals surface area contributed by atoms with E-state index in [0.29, 0.717) is 6.54 Å². The minimum absolute atomic E-state index is 0.0249. The number of hydrogen-bond donors (Lipinski definition) is 1. The average Bonchev–Trinajstić information content (AvgIpc) is 2.95. The number of hydrogen-bond acceptors (Lipinski definition) is 3. The van der Waals surface area contributed by atoms with Crippen LogP contribution in [-0.2, 0) is 11.3 Å². The molecule has 0 aliphatic carbocycles. The fourth-order valence-electron chi connectivity index (χ4n) is 2.51. The van der Waals surface area contributed by atoms with Gasteiger partial charge in [-0.1, -0.05) is 48.5 Å². The van der Waals surface area contributed by atoms with Crippen LogP contribution >= 0.6 is 11.8 Å². The fourth-order valence-corrected chi connectivity index (χ4v) is 3.40. The van der Waals surface area contributed by atoms with Crippen molar-refractivity contribution in [3.63, 3.8) is 0 Å². The minimum Gasteiger partial charge on any atom is -0.310 e. The molecule has 0 saturated carbocycles. The van der Waals surface area contributed by atoms with E-state index >= 15 is 0 Å². The van der Waals surface area contributed by atoms with Gasteiger partial charge in [0.15, 0.2) is 0 Å². The van der Waals surface area contributed by atoms with Crippen molar-refractivity contribution in [3.8, 4) is 0 Å². The molecule has 1 amide bonds. The summed E-state index contributed by atoms with van der Waals surface area (Å²) < 4.78 is 1.84. The summed E-state index contributed by atoms with van der Waals surface area (Å²) in [6.07, 6.45) is 0. The van der Waals surface area contributed by atoms with Crippen molar-refractivity contribution in [2.45, 2.75) is 30.5 Å². The zero-order valence-electron chi connectivity index (χ0n) is 14.3. The second-order valence-corrected chi connectivity index (χ2v) is 7.29. The van der Waals surface area contributed by atoms with Crippen LogP contribution in [0.4, 0.5) is 5.82 Å². The Bertz CT molecular complexity index is 831. The molecule has 1 aromatic heterocycles. The number of rotatable bonds is 6. The van der Waals surface area contributed by atoms with Gasteiger partial charge in [-0.2, -0.15) is 5.10 Å². The Hall–Kier alpha value is -2.53. The van der Waals surface area contributed by atoms with Gasteiger partial charge in [0.1, 0.15) is 5.82 Å². The van der Waals surface area contributed by atoms with E-state index in [1.807, 2.05) is 73.1 Å². The Morgan fingerprint density at radius 3 is 2.44 bits per heavy atom. The molecule has 0 aliphatic rings. The van der Waals surface area contributed by atoms with E-state index in [1.54, 1.807) is 11.8 Å². The first-order chi connectivity index (χ1) is 12.1. The van der Waals surface area contributed by atoms with E-state index in [2.05, 4.69) is 22.5 Å². The van der Waals surface area contributed by atoms with Gasteiger partial charge in [0, 0.05) is 11.0 Å². The van der Waals surface area contributed by atoms with E-state index in [9.17, 15) is 4.79 Å². The third-order valence-corrected chi connectivity index (χ3v) is 4.87. The SMILES string of the molecule is Cc1cc(NC(=O)C(C)Sc2ccccc2)n(Cc2ccccc2)n1. The Morgan fingerprint density at radius 2 is 1.76 bits per heavy atom. The molecule has 1 heterocycles. The van der Waals surface area contributed by atoms with Crippen molar-refractivity contribution in [1.29, 1.82) is 0 Å². The number of nitrogens with one attached hydrogen (secondary N) is 1. The average molecular weight is 351 g/mol. The molecule has 3 aromatic rings. The highest BCUT2D eigenvalue weighted by molar-refractivity contribution is 8.00. The van der Waals surface area contributed by atoms with Gasteiger partial charge in [0.05, 0.1) is 17.5 Å². The molecular weight excluding hydrogens is 330 g/mol. The number of carbonyl (C=O) groups is 1. The lowest BCUT2D eigenvalue weighted by molar-refractivity contribution is -0.115. The zero-order chi connectivity index (χ0) is 17.6. The highest BCUT2D eigenvalue weighted by atomic mass is 32.2. The Labute approximate surface area is 152 Å². The van der Waals surface area contributed by atoms with E-state index in [-0.39, 0.29) is 11.2 Å². The van der Waals surface area contributed by atoms with E-state index < -0.39 is 0 Å². The molecule has 0 radical (unpaired) electrons. The Morgan fingerprint density at radius 1 is 1.12 bits per heavy atom. The van der Waals surface area contributed by atoms with E-state index in [4.69, 9.17) is 0 Å². The first-order valence-corrected chi connectivity index (χ1v) is 9.11. The molecule has 0 bridgehead atoms. The molecule has 5 heteroatoms. The number of benzene rings is 2. The molecule has 0 aliphatic heterocycles. The van der Waals surface area contributed by atoms with Crippen molar-refractivity contribution in [2.75, 3.05) is 5.32 Å². The smallest absolute Gasteiger partial charge is 0.238 e. The topological polar surface area (TPSA) is 46.9 Å². The third-order valence-electron chi connectivity index (χ3n) is 3.75. The number of aryl methyl sites for hydroxylation is 1. The molecular formula is C20H21N3OS. The van der Waals surface area contributed by atoms with E-state index in [1.165, 1.54) is 0 Å². The fraction of sp³-hybridized carbons (Fsp3) is 0.200. The maximum absolute atomic E-state index is 12.6. The zero-order valence-corrected chi connectivity index (χ0v) is 15.2. The molecule has 1 unspecified atom stereocenters. The second kappa shape index (κ2) is 8.03. The molecule has 0 fully saturated rings. The highest BCUT2D eigenvalue weighted by Gasteiger charge is 2.17. The lowest BCUT2D eigenvalue weighted by atomic mass is 10.2. The van der Waals surface area contributed by atoms with Gasteiger partial charge in [-0.25, -0.2) is 4.68 Å². The van der Waals surface area contributed by atoms with Crippen molar-refractivity contribution in [3.05, 3.63) is 78.0 Å². The second-order valence-electron chi connectivity index (χ2n) is 5.88. The Balaban J connectivity index is 1.68. The van der Waals surface area contributed by atoms with E-state index in [0.717, 1.165) is 22.0 Å². The third kappa shape index (κ3) is 4.73. The van der Waals surface area contributed by atoms with Crippen LogP contribution < -0.4 is 5.32 Å². The van der Waals surface area contributed by atoms with Gasteiger partial charge in [-0.3, -0.25) is 4.79 Å². The molecule has 1 N–H and O–H groups in total. The van der Waals surface area contributed by atoms with Gasteiger partial charge in [0.25, 0.3) is 0 Å². The first kappa shape index (κ1) is 17.3. The number of amides is 1. The maximum Gasteiger partial charge on any atom is 0.238 e. The molecule has 0 spiro atoms. The standard InChI is InChI=1S/C20H21N3OS/c1-15-13-19(23(22-15)14-17-9-5-3-6-10-17)21-20(24)16(2)25-18-11-7-4-8-12-18/h3-13,16H,14H2,1-2H3,(H,21,24). The van der Waals surface area contributed by atoms with Crippen LogP contribution in [0.3, 0.4) is 0 Å². The van der Waals surface area contributed by atoms with Crippen LogP contribution in [0, 0.1) is 6.92 Å². The van der Waals surface area contributed by atoms with Gasteiger partial charge in [0.2, 0.25) is 5.91 Å². The number of carbonyl (C=O) groups excluding carboxylic acids is 1. The molecule has 3 rings (SSSR count). The lowest BCUT2D eigenvalue weighted by Gasteiger charge is -2.13. The normalized spacial score (nSPS) is 11.9. The number of anilines is 1. The molecule has 0 saturated heterocycles. The van der Waals surface area contributed by atoms with Crippen molar-refractivity contribution in [1.82, 2.24) is 9.78 Å². The lowest BCUT2D eigenvalue weighted by Crippen LogP contribution is -2.24. The monoisotopic (exact) mass is 351 g/mol. The predicted molar refractivity (Wildman–Crippen MR) is 103 cm³/mol. The summed E-state index contributed by atoms with van der Waals surface area (Å²) in [6, 6.07) is 22.0. The van der Waals surface area contributed by atoms with Gasteiger partial charge in [-0.15, -0.1) is 11.8 Å². The van der Waals surface area contributed by atoms with Crippen molar-refractivity contribution >= 4 is 23.5 Å². The minimum atomic E-state index is -0.192. The molecule has 1 atom stereocenters. The van der Waals surface area contributed by atoms with Crippen LogP contribution in [0.2, 0.25) is 0 Å². The van der Waals surface area contributed by atoms with Gasteiger partial charge < -0.3 is 5.32 Å². The van der Waals surface area contributed by atoms with Gasteiger partial charge in [-0.05, 0) is 31.5 Å². The van der Waals surface area contributed by atoms with Gasteiger partial charge >= 0.3 is 0 Å². The molecule has 2 aromatic carbocycles. The van der Waals surface area contributed by atoms with Crippen LogP contribution in [0.25, 0.3) is 0 Å². The van der Waals surface area contributed by atoms with Crippen LogP contribution in [-0.4, -0.2) is 20.9 Å².